The molecule has 2 rings (SSSR count). The van der Waals surface area contributed by atoms with Crippen molar-refractivity contribution in [1.82, 2.24) is 5.32 Å². The Morgan fingerprint density at radius 2 is 2.22 bits per heavy atom. The summed E-state index contributed by atoms with van der Waals surface area (Å²) in [5.74, 6) is -0.118. The van der Waals surface area contributed by atoms with Gasteiger partial charge in [-0.2, -0.15) is 0 Å². The van der Waals surface area contributed by atoms with Crippen LogP contribution in [0.3, 0.4) is 0 Å². The molecule has 1 fully saturated rings. The standard InChI is InChI=1S/C13H15ClINO2/c14-11-6-8(4-5-12(11)15)13(18)16-9-2-1-3-10(17)7-9/h4-6,9-10,17H,1-3,7H2,(H,16,18). The van der Waals surface area contributed by atoms with Gasteiger partial charge in [0, 0.05) is 15.2 Å². The van der Waals surface area contributed by atoms with Crippen LogP contribution in [0, 0.1) is 3.57 Å². The molecule has 0 spiro atoms. The van der Waals surface area contributed by atoms with Gasteiger partial charge in [-0.25, -0.2) is 0 Å². The fourth-order valence-corrected chi connectivity index (χ4v) is 2.72. The predicted molar refractivity (Wildman–Crippen MR) is 79.9 cm³/mol. The second-order valence-corrected chi connectivity index (χ2v) is 6.19. The molecule has 0 aliphatic heterocycles. The minimum Gasteiger partial charge on any atom is -0.393 e. The highest BCUT2D eigenvalue weighted by Gasteiger charge is 2.22. The molecule has 2 N–H and O–H groups in total. The van der Waals surface area contributed by atoms with Crippen molar-refractivity contribution in [2.75, 3.05) is 0 Å². The summed E-state index contributed by atoms with van der Waals surface area (Å²) in [6, 6.07) is 5.34. The van der Waals surface area contributed by atoms with Crippen molar-refractivity contribution in [3.63, 3.8) is 0 Å². The Balaban J connectivity index is 2.00. The largest absolute Gasteiger partial charge is 0.393 e. The maximum Gasteiger partial charge on any atom is 0.251 e. The zero-order valence-corrected chi connectivity index (χ0v) is 12.7. The van der Waals surface area contributed by atoms with Gasteiger partial charge in [0.05, 0.1) is 11.1 Å². The van der Waals surface area contributed by atoms with Gasteiger partial charge in [-0.1, -0.05) is 11.6 Å². The molecule has 1 aliphatic rings. The molecule has 0 saturated heterocycles. The molecule has 1 aromatic carbocycles. The van der Waals surface area contributed by atoms with E-state index in [1.54, 1.807) is 12.1 Å². The highest BCUT2D eigenvalue weighted by molar-refractivity contribution is 14.1. The Kier molecular flexibility index (Phi) is 4.86. The quantitative estimate of drug-likeness (QED) is 0.776. The summed E-state index contributed by atoms with van der Waals surface area (Å²) in [5.41, 5.74) is 0.570. The first-order valence-electron chi connectivity index (χ1n) is 6.00. The van der Waals surface area contributed by atoms with Gasteiger partial charge in [0.2, 0.25) is 0 Å². The van der Waals surface area contributed by atoms with Gasteiger partial charge in [-0.05, 0) is 66.5 Å². The van der Waals surface area contributed by atoms with Gasteiger partial charge in [-0.15, -0.1) is 0 Å². The monoisotopic (exact) mass is 379 g/mol. The number of amides is 1. The summed E-state index contributed by atoms with van der Waals surface area (Å²) in [4.78, 5) is 12.0. The number of aliphatic hydroxyl groups is 1. The van der Waals surface area contributed by atoms with E-state index in [0.29, 0.717) is 17.0 Å². The Morgan fingerprint density at radius 3 is 2.89 bits per heavy atom. The molecule has 0 aromatic heterocycles. The molecule has 2 unspecified atom stereocenters. The van der Waals surface area contributed by atoms with Crippen LogP contribution >= 0.6 is 34.2 Å². The molecule has 0 radical (unpaired) electrons. The van der Waals surface area contributed by atoms with Crippen molar-refractivity contribution < 1.29 is 9.90 Å². The van der Waals surface area contributed by atoms with Crippen molar-refractivity contribution in [3.05, 3.63) is 32.4 Å². The number of benzene rings is 1. The molecular weight excluding hydrogens is 365 g/mol. The number of hydrogen-bond acceptors (Lipinski definition) is 2. The summed E-state index contributed by atoms with van der Waals surface area (Å²) in [5, 5.41) is 13.1. The van der Waals surface area contributed by atoms with E-state index in [4.69, 9.17) is 11.6 Å². The second kappa shape index (κ2) is 6.21. The normalized spacial score (nSPS) is 23.7. The van der Waals surface area contributed by atoms with E-state index in [0.717, 1.165) is 22.8 Å². The number of aliphatic hydroxyl groups excluding tert-OH is 1. The molecule has 2 atom stereocenters. The van der Waals surface area contributed by atoms with Crippen LogP contribution < -0.4 is 5.32 Å². The van der Waals surface area contributed by atoms with Crippen LogP contribution in [0.15, 0.2) is 18.2 Å². The molecular formula is C13H15ClINO2. The van der Waals surface area contributed by atoms with Gasteiger partial charge < -0.3 is 10.4 Å². The summed E-state index contributed by atoms with van der Waals surface area (Å²) >= 11 is 8.12. The fraction of sp³-hybridized carbons (Fsp3) is 0.462. The van der Waals surface area contributed by atoms with E-state index in [1.807, 2.05) is 6.07 Å². The van der Waals surface area contributed by atoms with Crippen LogP contribution in [-0.4, -0.2) is 23.2 Å². The van der Waals surface area contributed by atoms with Crippen molar-refractivity contribution in [2.45, 2.75) is 37.8 Å². The van der Waals surface area contributed by atoms with Crippen LogP contribution in [0.2, 0.25) is 5.02 Å². The topological polar surface area (TPSA) is 49.3 Å². The van der Waals surface area contributed by atoms with Crippen molar-refractivity contribution in [1.29, 1.82) is 0 Å². The fourth-order valence-electron chi connectivity index (χ4n) is 2.20. The number of hydrogen-bond donors (Lipinski definition) is 2. The third-order valence-electron chi connectivity index (χ3n) is 3.16. The van der Waals surface area contributed by atoms with E-state index in [9.17, 15) is 9.90 Å². The summed E-state index contributed by atoms with van der Waals surface area (Å²) in [6.07, 6.45) is 3.08. The first kappa shape index (κ1) is 14.1. The predicted octanol–water partition coefficient (Wildman–Crippen LogP) is 2.98. The Bertz CT molecular complexity index is 453. The average molecular weight is 380 g/mol. The van der Waals surface area contributed by atoms with Crippen molar-refractivity contribution in [2.24, 2.45) is 0 Å². The van der Waals surface area contributed by atoms with Gasteiger partial charge >= 0.3 is 0 Å². The molecule has 5 heteroatoms. The smallest absolute Gasteiger partial charge is 0.251 e. The average Bonchev–Trinajstić information content (AvgIpc) is 2.32. The van der Waals surface area contributed by atoms with Crippen LogP contribution in [-0.2, 0) is 0 Å². The first-order chi connectivity index (χ1) is 8.56. The molecule has 1 aliphatic carbocycles. The molecule has 0 heterocycles. The van der Waals surface area contributed by atoms with E-state index < -0.39 is 0 Å². The van der Waals surface area contributed by atoms with Gasteiger partial charge in [0.15, 0.2) is 0 Å². The highest BCUT2D eigenvalue weighted by atomic mass is 127. The molecule has 1 aromatic rings. The number of rotatable bonds is 2. The summed E-state index contributed by atoms with van der Waals surface area (Å²) in [6.45, 7) is 0. The highest BCUT2D eigenvalue weighted by Crippen LogP contribution is 2.21. The number of carbonyl (C=O) groups excluding carboxylic acids is 1. The zero-order chi connectivity index (χ0) is 13.1. The Labute approximate surface area is 125 Å². The lowest BCUT2D eigenvalue weighted by Gasteiger charge is -2.26. The van der Waals surface area contributed by atoms with Crippen LogP contribution in [0.1, 0.15) is 36.0 Å². The van der Waals surface area contributed by atoms with E-state index in [2.05, 4.69) is 27.9 Å². The van der Waals surface area contributed by atoms with Gasteiger partial charge in [0.25, 0.3) is 5.91 Å². The second-order valence-electron chi connectivity index (χ2n) is 4.62. The van der Waals surface area contributed by atoms with E-state index in [-0.39, 0.29) is 18.1 Å². The van der Waals surface area contributed by atoms with Crippen molar-refractivity contribution in [3.8, 4) is 0 Å². The molecule has 3 nitrogen and oxygen atoms in total. The first-order valence-corrected chi connectivity index (χ1v) is 7.46. The van der Waals surface area contributed by atoms with E-state index in [1.165, 1.54) is 0 Å². The van der Waals surface area contributed by atoms with Crippen LogP contribution in [0.25, 0.3) is 0 Å². The van der Waals surface area contributed by atoms with Crippen molar-refractivity contribution >= 4 is 40.1 Å². The third-order valence-corrected chi connectivity index (χ3v) is 4.74. The summed E-state index contributed by atoms with van der Waals surface area (Å²) in [7, 11) is 0. The van der Waals surface area contributed by atoms with Crippen LogP contribution in [0.4, 0.5) is 0 Å². The SMILES string of the molecule is O=C(NC1CCCC(O)C1)c1ccc(I)c(Cl)c1. The minimum absolute atomic E-state index is 0.0688. The summed E-state index contributed by atoms with van der Waals surface area (Å²) < 4.78 is 0.930. The molecule has 18 heavy (non-hydrogen) atoms. The molecule has 1 saturated carbocycles. The lowest BCUT2D eigenvalue weighted by Crippen LogP contribution is -2.39. The lowest BCUT2D eigenvalue weighted by atomic mass is 9.93. The molecule has 98 valence electrons. The number of carbonyl (C=O) groups is 1. The Morgan fingerprint density at radius 1 is 1.44 bits per heavy atom. The lowest BCUT2D eigenvalue weighted by molar-refractivity contribution is 0.0850. The Hall–Kier alpha value is -0.330. The number of nitrogens with one attached hydrogen (secondary N) is 1. The van der Waals surface area contributed by atoms with Gasteiger partial charge in [-0.3, -0.25) is 4.79 Å². The number of halogens is 2. The maximum absolute atomic E-state index is 12.0. The maximum atomic E-state index is 12.0. The molecule has 0 bridgehead atoms. The van der Waals surface area contributed by atoms with Gasteiger partial charge in [0.1, 0.15) is 0 Å². The van der Waals surface area contributed by atoms with E-state index >= 15 is 0 Å². The van der Waals surface area contributed by atoms with Crippen LogP contribution in [0.5, 0.6) is 0 Å². The zero-order valence-electron chi connectivity index (χ0n) is 9.83. The third kappa shape index (κ3) is 3.59. The molecule has 1 amide bonds. The minimum atomic E-state index is -0.288.